The van der Waals surface area contributed by atoms with Crippen LogP contribution in [0.5, 0.6) is 0 Å². The van der Waals surface area contributed by atoms with Gasteiger partial charge in [0.25, 0.3) is 0 Å². The molecule has 1 aliphatic heterocycles. The molecule has 0 aliphatic carbocycles. The van der Waals surface area contributed by atoms with Gasteiger partial charge in [-0.15, -0.1) is 0 Å². The molecule has 2 heterocycles. The number of halogens is 3. The zero-order valence-corrected chi connectivity index (χ0v) is 10.1. The van der Waals surface area contributed by atoms with Crippen LogP contribution in [0.3, 0.4) is 0 Å². The molecule has 0 saturated carbocycles. The highest BCUT2D eigenvalue weighted by Crippen LogP contribution is 2.31. The fourth-order valence-corrected chi connectivity index (χ4v) is 2.41. The zero-order chi connectivity index (χ0) is 13.2. The Kier molecular flexibility index (Phi) is 3.74. The predicted octanol–water partition coefficient (Wildman–Crippen LogP) is 1.51. The van der Waals surface area contributed by atoms with Gasteiger partial charge < -0.3 is 15.2 Å². The van der Waals surface area contributed by atoms with E-state index in [0.717, 1.165) is 0 Å². The maximum atomic E-state index is 12.3. The zero-order valence-electron chi connectivity index (χ0n) is 9.33. The number of nitrogens with one attached hydrogen (secondary N) is 1. The summed E-state index contributed by atoms with van der Waals surface area (Å²) in [5, 5.41) is 12.3. The summed E-state index contributed by atoms with van der Waals surface area (Å²) in [5.41, 5.74) is -0.666. The summed E-state index contributed by atoms with van der Waals surface area (Å²) in [6, 6.07) is 0. The first-order chi connectivity index (χ1) is 8.45. The summed E-state index contributed by atoms with van der Waals surface area (Å²) in [6.45, 7) is 0.730. The summed E-state index contributed by atoms with van der Waals surface area (Å²) in [7, 11) is 0. The molecule has 2 rings (SSSR count). The monoisotopic (exact) mass is 283 g/mol. The quantitative estimate of drug-likeness (QED) is 0.880. The second-order valence-corrected chi connectivity index (χ2v) is 4.85. The van der Waals surface area contributed by atoms with Gasteiger partial charge in [0, 0.05) is 24.7 Å². The van der Waals surface area contributed by atoms with Crippen LogP contribution in [0.25, 0.3) is 0 Å². The van der Waals surface area contributed by atoms with E-state index in [4.69, 9.17) is 4.74 Å². The number of anilines is 1. The van der Waals surface area contributed by atoms with Gasteiger partial charge in [0.05, 0.1) is 12.1 Å². The van der Waals surface area contributed by atoms with Crippen LogP contribution in [-0.2, 0) is 10.9 Å². The summed E-state index contributed by atoms with van der Waals surface area (Å²) in [6.07, 6.45) is -3.51. The smallest absolute Gasteiger partial charge is 0.394 e. The number of aliphatic hydroxyl groups is 1. The number of rotatable bonds is 3. The Bertz CT molecular complexity index is 404. The van der Waals surface area contributed by atoms with E-state index >= 15 is 0 Å². The SMILES string of the molecule is OCC1(Nc2nc(C(F)(F)F)ns2)CCOCC1. The van der Waals surface area contributed by atoms with E-state index in [9.17, 15) is 18.3 Å². The summed E-state index contributed by atoms with van der Waals surface area (Å²) < 4.78 is 45.4. The van der Waals surface area contributed by atoms with Gasteiger partial charge in [0.2, 0.25) is 11.0 Å². The first kappa shape index (κ1) is 13.5. The van der Waals surface area contributed by atoms with Crippen LogP contribution in [0.2, 0.25) is 0 Å². The van der Waals surface area contributed by atoms with E-state index in [1.165, 1.54) is 0 Å². The number of aromatic nitrogens is 2. The molecule has 2 N–H and O–H groups in total. The lowest BCUT2D eigenvalue weighted by molar-refractivity contribution is -0.144. The molecule has 0 bridgehead atoms. The fraction of sp³-hybridized carbons (Fsp3) is 0.778. The standard InChI is InChI=1S/C9H12F3N3O2S/c10-9(11,12)6-13-7(18-15-6)14-8(5-16)1-3-17-4-2-8/h16H,1-5H2,(H,13,14,15). The van der Waals surface area contributed by atoms with Gasteiger partial charge in [0.1, 0.15) is 0 Å². The summed E-state index contributed by atoms with van der Waals surface area (Å²) in [4.78, 5) is 3.39. The molecule has 0 atom stereocenters. The number of hydrogen-bond donors (Lipinski definition) is 2. The van der Waals surface area contributed by atoms with Crippen LogP contribution in [-0.4, -0.2) is 39.8 Å². The average molecular weight is 283 g/mol. The third-order valence-corrected chi connectivity index (χ3v) is 3.43. The molecule has 1 aromatic rings. The summed E-state index contributed by atoms with van der Waals surface area (Å²) in [5.74, 6) is -1.16. The van der Waals surface area contributed by atoms with Crippen molar-refractivity contribution in [2.24, 2.45) is 0 Å². The van der Waals surface area contributed by atoms with E-state index in [0.29, 0.717) is 37.6 Å². The van der Waals surface area contributed by atoms with Gasteiger partial charge in [-0.2, -0.15) is 22.5 Å². The Morgan fingerprint density at radius 3 is 2.56 bits per heavy atom. The molecular formula is C9H12F3N3O2S. The van der Waals surface area contributed by atoms with Crippen molar-refractivity contribution in [3.63, 3.8) is 0 Å². The maximum absolute atomic E-state index is 12.3. The van der Waals surface area contributed by atoms with Crippen molar-refractivity contribution in [2.45, 2.75) is 24.6 Å². The summed E-state index contributed by atoms with van der Waals surface area (Å²) >= 11 is 0.640. The number of aliphatic hydroxyl groups excluding tert-OH is 1. The molecule has 9 heteroatoms. The minimum atomic E-state index is -4.54. The highest BCUT2D eigenvalue weighted by Gasteiger charge is 2.38. The maximum Gasteiger partial charge on any atom is 0.452 e. The number of nitrogens with zero attached hydrogens (tertiary/aromatic N) is 2. The van der Waals surface area contributed by atoms with Gasteiger partial charge >= 0.3 is 6.18 Å². The van der Waals surface area contributed by atoms with Crippen molar-refractivity contribution in [1.82, 2.24) is 9.36 Å². The van der Waals surface area contributed by atoms with Gasteiger partial charge in [0.15, 0.2) is 0 Å². The van der Waals surface area contributed by atoms with Gasteiger partial charge in [-0.05, 0) is 12.8 Å². The largest absolute Gasteiger partial charge is 0.452 e. The molecular weight excluding hydrogens is 271 g/mol. The van der Waals surface area contributed by atoms with Crippen LogP contribution in [0.1, 0.15) is 18.7 Å². The fourth-order valence-electron chi connectivity index (χ4n) is 1.70. The Labute approximate surface area is 105 Å². The minimum absolute atomic E-state index is 0.0678. The van der Waals surface area contributed by atoms with Crippen LogP contribution in [0.4, 0.5) is 18.3 Å². The first-order valence-electron chi connectivity index (χ1n) is 5.33. The van der Waals surface area contributed by atoms with Crippen molar-refractivity contribution < 1.29 is 23.0 Å². The molecule has 5 nitrogen and oxygen atoms in total. The number of hydrogen-bond acceptors (Lipinski definition) is 6. The lowest BCUT2D eigenvalue weighted by Crippen LogP contribution is -2.46. The molecule has 1 aliphatic rings. The van der Waals surface area contributed by atoms with Crippen molar-refractivity contribution >= 4 is 16.7 Å². The Morgan fingerprint density at radius 2 is 2.06 bits per heavy atom. The Hall–Kier alpha value is -0.930. The lowest BCUT2D eigenvalue weighted by atomic mass is 9.91. The lowest BCUT2D eigenvalue weighted by Gasteiger charge is -2.35. The van der Waals surface area contributed by atoms with Gasteiger partial charge in [-0.25, -0.2) is 0 Å². The van der Waals surface area contributed by atoms with Gasteiger partial charge in [-0.3, -0.25) is 0 Å². The van der Waals surface area contributed by atoms with Crippen molar-refractivity contribution in [3.05, 3.63) is 5.82 Å². The molecule has 0 radical (unpaired) electrons. The molecule has 1 aromatic heterocycles. The van der Waals surface area contributed by atoms with Crippen molar-refractivity contribution in [2.75, 3.05) is 25.1 Å². The van der Waals surface area contributed by atoms with E-state index < -0.39 is 17.5 Å². The molecule has 0 unspecified atom stereocenters. The number of ether oxygens (including phenoxy) is 1. The second-order valence-electron chi connectivity index (χ2n) is 4.10. The highest BCUT2D eigenvalue weighted by atomic mass is 32.1. The Balaban J connectivity index is 2.10. The topological polar surface area (TPSA) is 67.3 Å². The number of alkyl halides is 3. The van der Waals surface area contributed by atoms with Crippen molar-refractivity contribution in [1.29, 1.82) is 0 Å². The average Bonchev–Trinajstić information content (AvgIpc) is 2.78. The molecule has 0 spiro atoms. The molecule has 0 amide bonds. The Morgan fingerprint density at radius 1 is 1.39 bits per heavy atom. The van der Waals surface area contributed by atoms with E-state index in [1.54, 1.807) is 0 Å². The van der Waals surface area contributed by atoms with Crippen LogP contribution < -0.4 is 5.32 Å². The van der Waals surface area contributed by atoms with Crippen LogP contribution in [0.15, 0.2) is 0 Å². The molecule has 1 fully saturated rings. The first-order valence-corrected chi connectivity index (χ1v) is 6.10. The molecule has 1 saturated heterocycles. The normalized spacial score (nSPS) is 19.8. The van der Waals surface area contributed by atoms with Crippen LogP contribution in [0, 0.1) is 0 Å². The third kappa shape index (κ3) is 2.90. The van der Waals surface area contributed by atoms with Crippen molar-refractivity contribution in [3.8, 4) is 0 Å². The third-order valence-electron chi connectivity index (χ3n) is 2.80. The minimum Gasteiger partial charge on any atom is -0.394 e. The molecule has 0 aromatic carbocycles. The predicted molar refractivity (Wildman–Crippen MR) is 58.4 cm³/mol. The van der Waals surface area contributed by atoms with E-state index in [-0.39, 0.29) is 11.7 Å². The molecule has 18 heavy (non-hydrogen) atoms. The van der Waals surface area contributed by atoms with Crippen LogP contribution >= 0.6 is 11.5 Å². The second kappa shape index (κ2) is 4.98. The van der Waals surface area contributed by atoms with E-state index in [1.807, 2.05) is 0 Å². The highest BCUT2D eigenvalue weighted by molar-refractivity contribution is 7.09. The molecule has 102 valence electrons. The van der Waals surface area contributed by atoms with E-state index in [2.05, 4.69) is 14.7 Å². The van der Waals surface area contributed by atoms with Gasteiger partial charge in [-0.1, -0.05) is 0 Å².